The number of esters is 1. The highest BCUT2D eigenvalue weighted by Crippen LogP contribution is 2.38. The van der Waals surface area contributed by atoms with Crippen LogP contribution < -0.4 is 5.32 Å². The number of carbonyl (C=O) groups excluding carboxylic acids is 2. The van der Waals surface area contributed by atoms with Gasteiger partial charge in [-0.2, -0.15) is 0 Å². The molecule has 0 aromatic carbocycles. The number of rotatable bonds is 4. The van der Waals surface area contributed by atoms with Gasteiger partial charge in [0.05, 0.1) is 18.9 Å². The van der Waals surface area contributed by atoms with Crippen LogP contribution >= 0.6 is 0 Å². The van der Waals surface area contributed by atoms with Crippen LogP contribution in [0.4, 0.5) is 0 Å². The van der Waals surface area contributed by atoms with Crippen LogP contribution in [0.1, 0.15) is 13.3 Å². The summed E-state index contributed by atoms with van der Waals surface area (Å²) < 4.78 is 4.42. The average Bonchev–Trinajstić information content (AvgIpc) is 2.95. The van der Waals surface area contributed by atoms with Crippen LogP contribution in [0.2, 0.25) is 0 Å². The molecule has 1 saturated carbocycles. The average molecular weight is 215 g/mol. The molecule has 0 heterocycles. The van der Waals surface area contributed by atoms with Gasteiger partial charge < -0.3 is 15.2 Å². The van der Waals surface area contributed by atoms with E-state index in [9.17, 15) is 14.4 Å². The van der Waals surface area contributed by atoms with E-state index < -0.39 is 35.7 Å². The lowest BCUT2D eigenvalue weighted by Gasteiger charge is -2.10. The molecule has 2 N–H and O–H groups in total. The lowest BCUT2D eigenvalue weighted by atomic mass is 10.2. The van der Waals surface area contributed by atoms with Crippen molar-refractivity contribution in [1.82, 2.24) is 5.32 Å². The molecular weight excluding hydrogens is 202 g/mol. The van der Waals surface area contributed by atoms with Gasteiger partial charge in [-0.25, -0.2) is 4.79 Å². The fourth-order valence-corrected chi connectivity index (χ4v) is 1.31. The number of methoxy groups -OCH3 is 1. The fourth-order valence-electron chi connectivity index (χ4n) is 1.31. The highest BCUT2D eigenvalue weighted by molar-refractivity contribution is 5.91. The number of carbonyl (C=O) groups is 3. The minimum absolute atomic E-state index is 0.342. The number of carboxylic acid groups (broad SMARTS) is 1. The van der Waals surface area contributed by atoms with Gasteiger partial charge in [-0.15, -0.1) is 0 Å². The zero-order valence-corrected chi connectivity index (χ0v) is 8.52. The van der Waals surface area contributed by atoms with Crippen LogP contribution in [0.25, 0.3) is 0 Å². The van der Waals surface area contributed by atoms with E-state index >= 15 is 0 Å². The molecular formula is C9H13NO5. The number of nitrogens with one attached hydrogen (secondary N) is 1. The quantitative estimate of drug-likeness (QED) is 0.610. The molecule has 6 nitrogen and oxygen atoms in total. The zero-order chi connectivity index (χ0) is 11.6. The van der Waals surface area contributed by atoms with Gasteiger partial charge in [0.15, 0.2) is 0 Å². The summed E-state index contributed by atoms with van der Waals surface area (Å²) in [6, 6.07) is -0.738. The number of hydrogen-bond acceptors (Lipinski definition) is 4. The Hall–Kier alpha value is -1.59. The van der Waals surface area contributed by atoms with Crippen molar-refractivity contribution in [3.8, 4) is 0 Å². The van der Waals surface area contributed by atoms with Gasteiger partial charge in [0, 0.05) is 0 Å². The Morgan fingerprint density at radius 1 is 1.40 bits per heavy atom. The Kier molecular flexibility index (Phi) is 3.28. The van der Waals surface area contributed by atoms with E-state index in [0.29, 0.717) is 6.42 Å². The molecule has 1 aliphatic rings. The molecule has 6 heteroatoms. The van der Waals surface area contributed by atoms with Crippen LogP contribution in [0.5, 0.6) is 0 Å². The van der Waals surface area contributed by atoms with E-state index in [2.05, 4.69) is 10.1 Å². The first-order chi connectivity index (χ1) is 6.97. The van der Waals surface area contributed by atoms with Gasteiger partial charge >= 0.3 is 11.9 Å². The molecule has 0 bridgehead atoms. The van der Waals surface area contributed by atoms with Gasteiger partial charge in [-0.05, 0) is 13.3 Å². The van der Waals surface area contributed by atoms with E-state index in [4.69, 9.17) is 5.11 Å². The summed E-state index contributed by atoms with van der Waals surface area (Å²) in [7, 11) is 1.22. The first-order valence-corrected chi connectivity index (χ1v) is 4.58. The van der Waals surface area contributed by atoms with Crippen LogP contribution in [0.3, 0.4) is 0 Å². The van der Waals surface area contributed by atoms with Crippen LogP contribution in [-0.4, -0.2) is 36.1 Å². The second kappa shape index (κ2) is 4.29. The Labute approximate surface area is 86.6 Å². The van der Waals surface area contributed by atoms with Gasteiger partial charge in [-0.3, -0.25) is 9.59 Å². The molecule has 0 aliphatic heterocycles. The van der Waals surface area contributed by atoms with Gasteiger partial charge in [-0.1, -0.05) is 0 Å². The summed E-state index contributed by atoms with van der Waals surface area (Å²) in [4.78, 5) is 32.8. The fraction of sp³-hybridized carbons (Fsp3) is 0.667. The van der Waals surface area contributed by atoms with Gasteiger partial charge in [0.1, 0.15) is 6.04 Å². The summed E-state index contributed by atoms with van der Waals surface area (Å²) in [6.07, 6.45) is 0.342. The highest BCUT2D eigenvalue weighted by atomic mass is 16.5. The predicted molar refractivity (Wildman–Crippen MR) is 48.9 cm³/mol. The first kappa shape index (κ1) is 11.5. The van der Waals surface area contributed by atoms with Crippen molar-refractivity contribution < 1.29 is 24.2 Å². The van der Waals surface area contributed by atoms with E-state index in [1.807, 2.05) is 0 Å². The number of hydrogen-bond donors (Lipinski definition) is 2. The Bertz CT molecular complexity index is 301. The Morgan fingerprint density at radius 2 is 2.00 bits per heavy atom. The van der Waals surface area contributed by atoms with Crippen LogP contribution in [-0.2, 0) is 19.1 Å². The molecule has 0 spiro atoms. The maximum absolute atomic E-state index is 11.4. The normalized spacial score (nSPS) is 25.2. The molecule has 0 saturated heterocycles. The monoisotopic (exact) mass is 215 g/mol. The predicted octanol–water partition coefficient (Wildman–Crippen LogP) is -0.615. The molecule has 1 aliphatic carbocycles. The highest BCUT2D eigenvalue weighted by Gasteiger charge is 2.48. The minimum Gasteiger partial charge on any atom is -0.481 e. The number of aliphatic carboxylic acids is 1. The second-order valence-electron chi connectivity index (χ2n) is 3.54. The van der Waals surface area contributed by atoms with E-state index in [0.717, 1.165) is 0 Å². The van der Waals surface area contributed by atoms with Crippen molar-refractivity contribution in [2.45, 2.75) is 19.4 Å². The van der Waals surface area contributed by atoms with Crippen LogP contribution in [0.15, 0.2) is 0 Å². The van der Waals surface area contributed by atoms with Crippen LogP contribution in [0, 0.1) is 11.8 Å². The maximum Gasteiger partial charge on any atom is 0.328 e. The standard InChI is InChI=1S/C9H13NO5/c1-4(9(14)15-2)10-7(11)5-3-6(5)8(12)13/h4-6H,3H2,1-2H3,(H,10,11)(H,12,13)/t4?,5-,6+/m1/s1. The summed E-state index contributed by atoms with van der Waals surface area (Å²) in [5, 5.41) is 11.0. The Morgan fingerprint density at radius 3 is 2.40 bits per heavy atom. The molecule has 0 radical (unpaired) electrons. The molecule has 3 atom stereocenters. The molecule has 84 valence electrons. The number of ether oxygens (including phenoxy) is 1. The second-order valence-corrected chi connectivity index (χ2v) is 3.54. The third-order valence-corrected chi connectivity index (χ3v) is 2.36. The summed E-state index contributed by atoms with van der Waals surface area (Å²) in [5.41, 5.74) is 0. The molecule has 1 fully saturated rings. The Balaban J connectivity index is 2.38. The topological polar surface area (TPSA) is 92.7 Å². The zero-order valence-electron chi connectivity index (χ0n) is 8.52. The number of amides is 1. The van der Waals surface area contributed by atoms with E-state index in [1.54, 1.807) is 0 Å². The molecule has 1 unspecified atom stereocenters. The lowest BCUT2D eigenvalue weighted by molar-refractivity contribution is -0.144. The lowest BCUT2D eigenvalue weighted by Crippen LogP contribution is -2.40. The van der Waals surface area contributed by atoms with Crippen molar-refractivity contribution in [2.24, 2.45) is 11.8 Å². The summed E-state index contributed by atoms with van der Waals surface area (Å²) >= 11 is 0. The van der Waals surface area contributed by atoms with Crippen molar-refractivity contribution in [3.63, 3.8) is 0 Å². The molecule has 0 aromatic heterocycles. The molecule has 0 aromatic rings. The van der Waals surface area contributed by atoms with Crippen molar-refractivity contribution in [2.75, 3.05) is 7.11 Å². The molecule has 15 heavy (non-hydrogen) atoms. The minimum atomic E-state index is -0.971. The first-order valence-electron chi connectivity index (χ1n) is 4.58. The van der Waals surface area contributed by atoms with E-state index in [1.165, 1.54) is 14.0 Å². The third kappa shape index (κ3) is 2.68. The maximum atomic E-state index is 11.4. The largest absolute Gasteiger partial charge is 0.481 e. The van der Waals surface area contributed by atoms with Crippen molar-refractivity contribution in [1.29, 1.82) is 0 Å². The van der Waals surface area contributed by atoms with Gasteiger partial charge in [0.25, 0.3) is 0 Å². The van der Waals surface area contributed by atoms with Crippen molar-refractivity contribution in [3.05, 3.63) is 0 Å². The molecule has 1 rings (SSSR count). The smallest absolute Gasteiger partial charge is 0.328 e. The van der Waals surface area contributed by atoms with Gasteiger partial charge in [0.2, 0.25) is 5.91 Å². The third-order valence-electron chi connectivity index (χ3n) is 2.36. The number of carboxylic acids is 1. The SMILES string of the molecule is COC(=O)C(C)NC(=O)[C@@H]1C[C@@H]1C(=O)O. The van der Waals surface area contributed by atoms with E-state index in [-0.39, 0.29) is 0 Å². The molecule has 1 amide bonds. The summed E-state index contributed by atoms with van der Waals surface area (Å²) in [5.74, 6) is -3.03. The van der Waals surface area contributed by atoms with Crippen molar-refractivity contribution >= 4 is 17.8 Å². The summed E-state index contributed by atoms with van der Waals surface area (Å²) in [6.45, 7) is 1.49.